The number of piperidine rings is 1. The highest BCUT2D eigenvalue weighted by atomic mass is 16.5. The van der Waals surface area contributed by atoms with Gasteiger partial charge in [-0.25, -0.2) is 4.79 Å². The SMILES string of the molecule is COc1ccc2c(c1)C1(C)CCN(C)C(C2)C1CCc1[nH]c(=O)[nH]c1O. The number of nitrogens with one attached hydrogen (secondary N) is 2. The summed E-state index contributed by atoms with van der Waals surface area (Å²) in [6.45, 7) is 3.45. The van der Waals surface area contributed by atoms with Crippen LogP contribution in [-0.2, 0) is 18.3 Å². The average molecular weight is 357 g/mol. The van der Waals surface area contributed by atoms with Crippen molar-refractivity contribution in [2.75, 3.05) is 20.7 Å². The summed E-state index contributed by atoms with van der Waals surface area (Å²) in [5, 5.41) is 9.89. The molecule has 26 heavy (non-hydrogen) atoms. The van der Waals surface area contributed by atoms with Crippen molar-refractivity contribution in [2.24, 2.45) is 5.92 Å². The fraction of sp³-hybridized carbons (Fsp3) is 0.550. The lowest BCUT2D eigenvalue weighted by Gasteiger charge is -2.55. The monoisotopic (exact) mass is 357 g/mol. The Morgan fingerprint density at radius 3 is 2.88 bits per heavy atom. The predicted octanol–water partition coefficient (Wildman–Crippen LogP) is 2.18. The number of rotatable bonds is 4. The van der Waals surface area contributed by atoms with Gasteiger partial charge < -0.3 is 19.7 Å². The highest BCUT2D eigenvalue weighted by molar-refractivity contribution is 5.44. The van der Waals surface area contributed by atoms with Crippen molar-refractivity contribution in [3.63, 3.8) is 0 Å². The molecule has 0 saturated carbocycles. The Morgan fingerprint density at radius 2 is 2.19 bits per heavy atom. The van der Waals surface area contributed by atoms with Crippen molar-refractivity contribution in [3.05, 3.63) is 45.5 Å². The maximum atomic E-state index is 11.4. The molecule has 1 fully saturated rings. The first-order chi connectivity index (χ1) is 12.4. The van der Waals surface area contributed by atoms with Crippen LogP contribution in [0.1, 0.15) is 36.6 Å². The van der Waals surface area contributed by atoms with Gasteiger partial charge in [0.25, 0.3) is 0 Å². The number of fused-ring (bicyclic) bond motifs is 4. The van der Waals surface area contributed by atoms with Gasteiger partial charge in [0.2, 0.25) is 5.88 Å². The molecular weight excluding hydrogens is 330 g/mol. The average Bonchev–Trinajstić information content (AvgIpc) is 2.94. The van der Waals surface area contributed by atoms with E-state index in [1.165, 1.54) is 11.1 Å². The Morgan fingerprint density at radius 1 is 1.38 bits per heavy atom. The van der Waals surface area contributed by atoms with E-state index in [1.807, 2.05) is 0 Å². The number of ether oxygens (including phenoxy) is 1. The number of hydrogen-bond donors (Lipinski definition) is 3. The van der Waals surface area contributed by atoms with Gasteiger partial charge >= 0.3 is 5.69 Å². The molecular formula is C20H27N3O3. The normalized spacial score (nSPS) is 28.0. The first-order valence-electron chi connectivity index (χ1n) is 9.30. The van der Waals surface area contributed by atoms with Gasteiger partial charge in [0.15, 0.2) is 0 Å². The molecule has 1 saturated heterocycles. The number of H-pyrrole nitrogens is 2. The van der Waals surface area contributed by atoms with E-state index >= 15 is 0 Å². The van der Waals surface area contributed by atoms with E-state index in [9.17, 15) is 9.90 Å². The molecule has 3 N–H and O–H groups in total. The summed E-state index contributed by atoms with van der Waals surface area (Å²) in [5.74, 6) is 1.34. The van der Waals surface area contributed by atoms with E-state index in [1.54, 1.807) is 7.11 Å². The lowest BCUT2D eigenvalue weighted by molar-refractivity contribution is 0.0347. The Bertz CT molecular complexity index is 871. The van der Waals surface area contributed by atoms with E-state index in [-0.39, 0.29) is 17.0 Å². The van der Waals surface area contributed by atoms with Crippen LogP contribution in [0.2, 0.25) is 0 Å². The van der Waals surface area contributed by atoms with Crippen molar-refractivity contribution in [2.45, 2.75) is 44.1 Å². The molecule has 140 valence electrons. The van der Waals surface area contributed by atoms with Gasteiger partial charge in [-0.3, -0.25) is 4.98 Å². The Hall–Kier alpha value is -2.21. The topological polar surface area (TPSA) is 81.3 Å². The van der Waals surface area contributed by atoms with E-state index in [0.717, 1.165) is 31.6 Å². The fourth-order valence-electron chi connectivity index (χ4n) is 5.14. The zero-order valence-corrected chi connectivity index (χ0v) is 15.6. The molecule has 0 radical (unpaired) electrons. The quantitative estimate of drug-likeness (QED) is 0.783. The van der Waals surface area contributed by atoms with Gasteiger partial charge in [0, 0.05) is 6.04 Å². The fourth-order valence-corrected chi connectivity index (χ4v) is 5.14. The van der Waals surface area contributed by atoms with Crippen LogP contribution < -0.4 is 10.4 Å². The van der Waals surface area contributed by atoms with Crippen LogP contribution >= 0.6 is 0 Å². The highest BCUT2D eigenvalue weighted by Gasteiger charge is 2.49. The summed E-state index contributed by atoms with van der Waals surface area (Å²) in [6.07, 6.45) is 3.71. The molecule has 2 bridgehead atoms. The molecule has 2 aromatic rings. The number of likely N-dealkylation sites (N-methyl/N-ethyl adjacent to an activating group) is 1. The first-order valence-corrected chi connectivity index (χ1v) is 9.30. The summed E-state index contributed by atoms with van der Waals surface area (Å²) in [4.78, 5) is 19.0. The number of methoxy groups -OCH3 is 1. The zero-order chi connectivity index (χ0) is 18.5. The molecule has 2 heterocycles. The van der Waals surface area contributed by atoms with Crippen LogP contribution in [0.4, 0.5) is 0 Å². The van der Waals surface area contributed by atoms with E-state index in [0.29, 0.717) is 24.1 Å². The van der Waals surface area contributed by atoms with Gasteiger partial charge in [0.1, 0.15) is 5.75 Å². The number of aryl methyl sites for hydroxylation is 1. The molecule has 3 atom stereocenters. The number of imidazole rings is 1. The summed E-state index contributed by atoms with van der Waals surface area (Å²) in [7, 11) is 3.92. The summed E-state index contributed by atoms with van der Waals surface area (Å²) >= 11 is 0. The molecule has 1 aromatic heterocycles. The van der Waals surface area contributed by atoms with Crippen LogP contribution in [0.25, 0.3) is 0 Å². The van der Waals surface area contributed by atoms with Gasteiger partial charge in [0.05, 0.1) is 12.8 Å². The maximum absolute atomic E-state index is 11.4. The van der Waals surface area contributed by atoms with Gasteiger partial charge in [-0.05, 0) is 73.9 Å². The van der Waals surface area contributed by atoms with Crippen LogP contribution in [0, 0.1) is 5.92 Å². The molecule has 2 aliphatic rings. The minimum absolute atomic E-state index is 0.0310. The van der Waals surface area contributed by atoms with Crippen molar-refractivity contribution in [3.8, 4) is 11.6 Å². The third kappa shape index (κ3) is 2.63. The Labute approximate surface area is 153 Å². The van der Waals surface area contributed by atoms with Crippen molar-refractivity contribution in [1.29, 1.82) is 0 Å². The second kappa shape index (κ2) is 6.20. The van der Waals surface area contributed by atoms with Crippen molar-refractivity contribution in [1.82, 2.24) is 14.9 Å². The first kappa shape index (κ1) is 17.2. The second-order valence-electron chi connectivity index (χ2n) is 7.99. The van der Waals surface area contributed by atoms with Crippen LogP contribution in [0.3, 0.4) is 0 Å². The lowest BCUT2D eigenvalue weighted by atomic mass is 9.57. The molecule has 0 spiro atoms. The number of aromatic amines is 2. The molecule has 1 aromatic carbocycles. The largest absolute Gasteiger partial charge is 0.497 e. The molecule has 4 rings (SSSR count). The maximum Gasteiger partial charge on any atom is 0.325 e. The van der Waals surface area contributed by atoms with Crippen molar-refractivity contribution < 1.29 is 9.84 Å². The van der Waals surface area contributed by atoms with Crippen LogP contribution in [-0.4, -0.2) is 46.7 Å². The van der Waals surface area contributed by atoms with E-state index in [4.69, 9.17) is 4.74 Å². The molecule has 6 nitrogen and oxygen atoms in total. The zero-order valence-electron chi connectivity index (χ0n) is 15.6. The minimum atomic E-state index is -0.347. The number of benzene rings is 1. The Balaban J connectivity index is 1.69. The molecule has 6 heteroatoms. The second-order valence-corrected chi connectivity index (χ2v) is 7.99. The van der Waals surface area contributed by atoms with Crippen molar-refractivity contribution >= 4 is 0 Å². The number of nitrogens with zero attached hydrogens (tertiary/aromatic N) is 1. The number of likely N-dealkylation sites (tertiary alicyclic amines) is 1. The summed E-state index contributed by atoms with van der Waals surface area (Å²) in [5.41, 5.74) is 3.15. The third-order valence-electron chi connectivity index (χ3n) is 6.68. The lowest BCUT2D eigenvalue weighted by Crippen LogP contribution is -2.57. The smallest absolute Gasteiger partial charge is 0.325 e. The molecule has 1 aliphatic carbocycles. The summed E-state index contributed by atoms with van der Waals surface area (Å²) in [6, 6.07) is 6.95. The minimum Gasteiger partial charge on any atom is -0.497 e. The van der Waals surface area contributed by atoms with E-state index in [2.05, 4.69) is 47.0 Å². The number of hydrogen-bond acceptors (Lipinski definition) is 4. The van der Waals surface area contributed by atoms with Crippen LogP contribution in [0.5, 0.6) is 11.6 Å². The third-order valence-corrected chi connectivity index (χ3v) is 6.68. The van der Waals surface area contributed by atoms with Gasteiger partial charge in [-0.15, -0.1) is 0 Å². The number of aromatic nitrogens is 2. The standard InChI is InChI=1S/C20H27N3O3/c1-20-8-9-23(2)17(10-12-4-5-13(26-3)11-15(12)20)14(20)6-7-16-18(24)22-19(25)21-16/h4-5,11,14,17,24H,6-10H2,1-3H3,(H2,21,22,25). The van der Waals surface area contributed by atoms with E-state index < -0.39 is 0 Å². The Kier molecular flexibility index (Phi) is 4.10. The van der Waals surface area contributed by atoms with Gasteiger partial charge in [-0.1, -0.05) is 13.0 Å². The predicted molar refractivity (Wildman–Crippen MR) is 100.0 cm³/mol. The molecule has 3 unspecified atom stereocenters. The summed E-state index contributed by atoms with van der Waals surface area (Å²) < 4.78 is 5.48. The number of aromatic hydroxyl groups is 1. The van der Waals surface area contributed by atoms with Gasteiger partial charge in [-0.2, -0.15) is 0 Å². The molecule has 1 aliphatic heterocycles. The highest BCUT2D eigenvalue weighted by Crippen LogP contribution is 2.50. The molecule has 0 amide bonds. The van der Waals surface area contributed by atoms with Crippen LogP contribution in [0.15, 0.2) is 23.0 Å².